The summed E-state index contributed by atoms with van der Waals surface area (Å²) in [4.78, 5) is 12.8. The van der Waals surface area contributed by atoms with Crippen LogP contribution in [0.25, 0.3) is 0 Å². The van der Waals surface area contributed by atoms with Gasteiger partial charge in [-0.3, -0.25) is 9.48 Å². The van der Waals surface area contributed by atoms with Gasteiger partial charge in [0.15, 0.2) is 11.5 Å². The summed E-state index contributed by atoms with van der Waals surface area (Å²) in [6.07, 6.45) is 1.62. The lowest BCUT2D eigenvalue weighted by Crippen LogP contribution is -2.16. The van der Waals surface area contributed by atoms with Crippen molar-refractivity contribution < 1.29 is 14.1 Å². The highest BCUT2D eigenvalue weighted by atomic mass is 35.5. The first-order valence-electron chi connectivity index (χ1n) is 9.42. The standard InChI is InChI=1S/C22H18Cl2N4O3/c1-14-17(13-30-16-8-3-2-4-9-16)20(27-31-14)22(29)25-21-19(24)12-28(26-21)11-15-7-5-6-10-18(15)23/h2-10,12H,11,13H2,1H3,(H,25,26,29). The Balaban J connectivity index is 1.48. The molecule has 2 heterocycles. The monoisotopic (exact) mass is 456 g/mol. The molecule has 0 unspecified atom stereocenters. The van der Waals surface area contributed by atoms with Crippen LogP contribution in [0.15, 0.2) is 65.3 Å². The summed E-state index contributed by atoms with van der Waals surface area (Å²) >= 11 is 12.5. The van der Waals surface area contributed by atoms with Crippen LogP contribution in [0.3, 0.4) is 0 Å². The molecule has 2 aromatic carbocycles. The number of anilines is 1. The second kappa shape index (κ2) is 9.24. The third-order valence-corrected chi connectivity index (χ3v) is 5.21. The van der Waals surface area contributed by atoms with Crippen molar-refractivity contribution in [2.24, 2.45) is 0 Å². The zero-order chi connectivity index (χ0) is 21.8. The number of nitrogens with zero attached hydrogens (tertiary/aromatic N) is 3. The highest BCUT2D eigenvalue weighted by Gasteiger charge is 2.22. The number of carbonyl (C=O) groups excluding carboxylic acids is 1. The number of hydrogen-bond donors (Lipinski definition) is 1. The van der Waals surface area contributed by atoms with Crippen molar-refractivity contribution in [3.8, 4) is 5.75 Å². The molecule has 158 valence electrons. The number of aryl methyl sites for hydroxylation is 1. The molecule has 0 saturated heterocycles. The lowest BCUT2D eigenvalue weighted by molar-refractivity contribution is 0.101. The molecule has 0 saturated carbocycles. The van der Waals surface area contributed by atoms with Crippen LogP contribution in [-0.2, 0) is 13.2 Å². The quantitative estimate of drug-likeness (QED) is 0.404. The van der Waals surface area contributed by atoms with Gasteiger partial charge in [-0.25, -0.2) is 0 Å². The molecule has 1 N–H and O–H groups in total. The molecule has 7 nitrogen and oxygen atoms in total. The number of ether oxygens (including phenoxy) is 1. The molecule has 0 radical (unpaired) electrons. The van der Waals surface area contributed by atoms with E-state index in [1.165, 1.54) is 0 Å². The Morgan fingerprint density at radius 2 is 1.84 bits per heavy atom. The number of benzene rings is 2. The van der Waals surface area contributed by atoms with Gasteiger partial charge in [-0.15, -0.1) is 0 Å². The average Bonchev–Trinajstić information content (AvgIpc) is 3.30. The largest absolute Gasteiger partial charge is 0.489 e. The molecule has 31 heavy (non-hydrogen) atoms. The van der Waals surface area contributed by atoms with Crippen LogP contribution in [0.1, 0.15) is 27.4 Å². The van der Waals surface area contributed by atoms with Gasteiger partial charge in [0, 0.05) is 11.2 Å². The fourth-order valence-corrected chi connectivity index (χ4v) is 3.34. The molecule has 9 heteroatoms. The van der Waals surface area contributed by atoms with Gasteiger partial charge in [-0.05, 0) is 30.7 Å². The zero-order valence-electron chi connectivity index (χ0n) is 16.5. The van der Waals surface area contributed by atoms with Gasteiger partial charge in [-0.2, -0.15) is 5.10 Å². The molecule has 0 fully saturated rings. The van der Waals surface area contributed by atoms with Gasteiger partial charge in [0.2, 0.25) is 0 Å². The van der Waals surface area contributed by atoms with Gasteiger partial charge >= 0.3 is 0 Å². The highest BCUT2D eigenvalue weighted by molar-refractivity contribution is 6.33. The summed E-state index contributed by atoms with van der Waals surface area (Å²) in [6, 6.07) is 16.7. The van der Waals surface area contributed by atoms with E-state index in [9.17, 15) is 4.79 Å². The van der Waals surface area contributed by atoms with Gasteiger partial charge in [0.05, 0.1) is 12.1 Å². The lowest BCUT2D eigenvalue weighted by atomic mass is 10.2. The maximum Gasteiger partial charge on any atom is 0.279 e. The normalized spacial score (nSPS) is 10.8. The highest BCUT2D eigenvalue weighted by Crippen LogP contribution is 2.24. The smallest absolute Gasteiger partial charge is 0.279 e. The van der Waals surface area contributed by atoms with Crippen molar-refractivity contribution in [1.29, 1.82) is 0 Å². The first kappa shape index (κ1) is 21.0. The van der Waals surface area contributed by atoms with Crippen LogP contribution < -0.4 is 10.1 Å². The van der Waals surface area contributed by atoms with Gasteiger partial charge in [-0.1, -0.05) is 64.8 Å². The number of halogens is 2. The lowest BCUT2D eigenvalue weighted by Gasteiger charge is -2.06. The van der Waals surface area contributed by atoms with E-state index in [1.54, 1.807) is 23.9 Å². The van der Waals surface area contributed by atoms with Crippen molar-refractivity contribution in [2.45, 2.75) is 20.1 Å². The topological polar surface area (TPSA) is 82.2 Å². The van der Waals surface area contributed by atoms with E-state index in [0.29, 0.717) is 33.7 Å². The molecule has 0 spiro atoms. The number of rotatable bonds is 7. The average molecular weight is 457 g/mol. The van der Waals surface area contributed by atoms with Crippen molar-refractivity contribution in [3.05, 3.63) is 93.4 Å². The van der Waals surface area contributed by atoms with E-state index in [-0.39, 0.29) is 18.1 Å². The molecule has 2 aromatic heterocycles. The minimum absolute atomic E-state index is 0.116. The van der Waals surface area contributed by atoms with Crippen LogP contribution in [0.2, 0.25) is 10.0 Å². The minimum Gasteiger partial charge on any atom is -0.489 e. The number of amides is 1. The molecule has 0 bridgehead atoms. The van der Waals surface area contributed by atoms with Gasteiger partial charge in [0.1, 0.15) is 23.1 Å². The first-order valence-corrected chi connectivity index (χ1v) is 10.2. The molecule has 0 aliphatic carbocycles. The molecule has 0 atom stereocenters. The summed E-state index contributed by atoms with van der Waals surface area (Å²) in [5, 5.41) is 11.8. The summed E-state index contributed by atoms with van der Waals surface area (Å²) in [7, 11) is 0. The molecule has 0 aliphatic rings. The number of hydrogen-bond acceptors (Lipinski definition) is 5. The Morgan fingerprint density at radius 1 is 1.10 bits per heavy atom. The third kappa shape index (κ3) is 4.90. The van der Waals surface area contributed by atoms with Crippen molar-refractivity contribution in [2.75, 3.05) is 5.32 Å². The van der Waals surface area contributed by atoms with Crippen LogP contribution >= 0.6 is 23.2 Å². The second-order valence-electron chi connectivity index (χ2n) is 6.74. The fourth-order valence-electron chi connectivity index (χ4n) is 2.94. The first-order chi connectivity index (χ1) is 15.0. The van der Waals surface area contributed by atoms with E-state index in [4.69, 9.17) is 32.5 Å². The molecule has 4 aromatic rings. The van der Waals surface area contributed by atoms with E-state index < -0.39 is 5.91 Å². The van der Waals surface area contributed by atoms with E-state index in [1.807, 2.05) is 48.5 Å². The van der Waals surface area contributed by atoms with Crippen molar-refractivity contribution in [3.63, 3.8) is 0 Å². The van der Waals surface area contributed by atoms with Crippen LogP contribution in [0, 0.1) is 6.92 Å². The Labute approximate surface area is 188 Å². The molecular weight excluding hydrogens is 439 g/mol. The van der Waals surface area contributed by atoms with Crippen LogP contribution in [-0.4, -0.2) is 20.8 Å². The SMILES string of the molecule is Cc1onc(C(=O)Nc2nn(Cc3ccccc3Cl)cc2Cl)c1COc1ccccc1. The maximum atomic E-state index is 12.8. The Hall–Kier alpha value is -3.29. The summed E-state index contributed by atoms with van der Waals surface area (Å²) in [5.74, 6) is 0.898. The number of nitrogens with one attached hydrogen (secondary N) is 1. The Kier molecular flexibility index (Phi) is 6.25. The fraction of sp³-hybridized carbons (Fsp3) is 0.136. The Bertz CT molecular complexity index is 1200. The second-order valence-corrected chi connectivity index (χ2v) is 7.55. The van der Waals surface area contributed by atoms with Crippen molar-refractivity contribution >= 4 is 34.9 Å². The molecule has 4 rings (SSSR count). The Morgan fingerprint density at radius 3 is 2.61 bits per heavy atom. The van der Waals surface area contributed by atoms with Crippen LogP contribution in [0.4, 0.5) is 5.82 Å². The summed E-state index contributed by atoms with van der Waals surface area (Å²) < 4.78 is 12.5. The molecule has 0 aliphatic heterocycles. The summed E-state index contributed by atoms with van der Waals surface area (Å²) in [5.41, 5.74) is 1.55. The predicted octanol–water partition coefficient (Wildman–Crippen LogP) is 5.37. The number of aromatic nitrogens is 3. The van der Waals surface area contributed by atoms with E-state index in [0.717, 1.165) is 5.56 Å². The summed E-state index contributed by atoms with van der Waals surface area (Å²) in [6.45, 7) is 2.27. The minimum atomic E-state index is -0.492. The molecule has 1 amide bonds. The number of carbonyl (C=O) groups is 1. The van der Waals surface area contributed by atoms with Crippen LogP contribution in [0.5, 0.6) is 5.75 Å². The van der Waals surface area contributed by atoms with Gasteiger partial charge in [0.25, 0.3) is 5.91 Å². The maximum absolute atomic E-state index is 12.8. The zero-order valence-corrected chi connectivity index (χ0v) is 18.0. The van der Waals surface area contributed by atoms with E-state index in [2.05, 4.69) is 15.6 Å². The predicted molar refractivity (Wildman–Crippen MR) is 118 cm³/mol. The van der Waals surface area contributed by atoms with E-state index >= 15 is 0 Å². The van der Waals surface area contributed by atoms with Gasteiger partial charge < -0.3 is 14.6 Å². The third-order valence-electron chi connectivity index (χ3n) is 4.57. The number of para-hydroxylation sites is 1. The van der Waals surface area contributed by atoms with Crippen molar-refractivity contribution in [1.82, 2.24) is 14.9 Å². The molecular formula is C22H18Cl2N4O3.